The van der Waals surface area contributed by atoms with Gasteiger partial charge in [0.2, 0.25) is 0 Å². The third kappa shape index (κ3) is 4.75. The van der Waals surface area contributed by atoms with Crippen LogP contribution in [-0.2, 0) is 6.42 Å². The Kier molecular flexibility index (Phi) is 5.29. The van der Waals surface area contributed by atoms with E-state index in [2.05, 4.69) is 60.7 Å². The lowest BCUT2D eigenvalue weighted by Crippen LogP contribution is -2.37. The van der Waals surface area contributed by atoms with Crippen LogP contribution in [-0.4, -0.2) is 10.7 Å². The lowest BCUT2D eigenvalue weighted by Gasteiger charge is -2.37. The molecule has 1 aromatic rings. The van der Waals surface area contributed by atoms with E-state index in [1.165, 1.54) is 28.4 Å². The Labute approximate surface area is 130 Å². The second kappa shape index (κ2) is 6.57. The Bertz CT molecular complexity index is 398. The van der Waals surface area contributed by atoms with Crippen molar-refractivity contribution in [3.8, 4) is 0 Å². The van der Waals surface area contributed by atoms with Crippen molar-refractivity contribution >= 4 is 22.6 Å². The van der Waals surface area contributed by atoms with Crippen molar-refractivity contribution in [2.45, 2.75) is 58.0 Å². The molecule has 0 heterocycles. The topological polar surface area (TPSA) is 20.2 Å². The molecule has 2 rings (SSSR count). The molecule has 106 valence electrons. The maximum absolute atomic E-state index is 10.9. The van der Waals surface area contributed by atoms with Gasteiger partial charge in [0.1, 0.15) is 0 Å². The van der Waals surface area contributed by atoms with Gasteiger partial charge in [-0.3, -0.25) is 0 Å². The Morgan fingerprint density at radius 1 is 1.32 bits per heavy atom. The van der Waals surface area contributed by atoms with E-state index >= 15 is 0 Å². The summed E-state index contributed by atoms with van der Waals surface area (Å²) >= 11 is 2.32. The zero-order chi connectivity index (χ0) is 13.9. The standard InChI is InChI=1S/C17H25IO/c1-13(2)10-15-4-3-9-17(19,12-15)11-14-5-7-16(18)8-6-14/h5-8,13,15,19H,3-4,9-12H2,1-2H3. The summed E-state index contributed by atoms with van der Waals surface area (Å²) < 4.78 is 1.26. The number of aliphatic hydroxyl groups is 1. The van der Waals surface area contributed by atoms with Crippen molar-refractivity contribution in [1.82, 2.24) is 0 Å². The molecular weight excluding hydrogens is 347 g/mol. The molecule has 2 unspecified atom stereocenters. The van der Waals surface area contributed by atoms with Crippen molar-refractivity contribution in [1.29, 1.82) is 0 Å². The third-order valence-corrected chi connectivity index (χ3v) is 4.89. The molecule has 0 amide bonds. The van der Waals surface area contributed by atoms with Crippen LogP contribution in [0, 0.1) is 15.4 Å². The first-order valence-corrected chi connectivity index (χ1v) is 8.51. The van der Waals surface area contributed by atoms with E-state index < -0.39 is 5.60 Å². The lowest BCUT2D eigenvalue weighted by atomic mass is 9.73. The Morgan fingerprint density at radius 3 is 2.63 bits per heavy atom. The molecular formula is C17H25IO. The van der Waals surface area contributed by atoms with Crippen molar-refractivity contribution in [2.75, 3.05) is 0 Å². The zero-order valence-corrected chi connectivity index (χ0v) is 14.2. The highest BCUT2D eigenvalue weighted by molar-refractivity contribution is 14.1. The van der Waals surface area contributed by atoms with Gasteiger partial charge in [-0.1, -0.05) is 38.8 Å². The number of benzene rings is 1. The highest BCUT2D eigenvalue weighted by Crippen LogP contribution is 2.37. The van der Waals surface area contributed by atoms with E-state index in [9.17, 15) is 5.11 Å². The largest absolute Gasteiger partial charge is 0.390 e. The predicted molar refractivity (Wildman–Crippen MR) is 89.2 cm³/mol. The summed E-state index contributed by atoms with van der Waals surface area (Å²) in [5.41, 5.74) is 0.804. The SMILES string of the molecule is CC(C)CC1CCCC(O)(Cc2ccc(I)cc2)C1. The van der Waals surface area contributed by atoms with Crippen LogP contribution in [0.15, 0.2) is 24.3 Å². The summed E-state index contributed by atoms with van der Waals surface area (Å²) in [5.74, 6) is 1.45. The van der Waals surface area contributed by atoms with Crippen molar-refractivity contribution in [3.63, 3.8) is 0 Å². The molecule has 0 aromatic heterocycles. The molecule has 0 bridgehead atoms. The lowest BCUT2D eigenvalue weighted by molar-refractivity contribution is -0.0189. The van der Waals surface area contributed by atoms with Crippen LogP contribution >= 0.6 is 22.6 Å². The predicted octanol–water partition coefficient (Wildman–Crippen LogP) is 4.80. The summed E-state index contributed by atoms with van der Waals surface area (Å²) in [6.07, 6.45) is 6.50. The number of hydrogen-bond acceptors (Lipinski definition) is 1. The summed E-state index contributed by atoms with van der Waals surface area (Å²) in [6.45, 7) is 4.57. The van der Waals surface area contributed by atoms with Crippen LogP contribution in [0.1, 0.15) is 51.5 Å². The summed E-state index contributed by atoms with van der Waals surface area (Å²) in [6, 6.07) is 8.58. The quantitative estimate of drug-likeness (QED) is 0.753. The first-order valence-electron chi connectivity index (χ1n) is 7.44. The smallest absolute Gasteiger partial charge is 0.0690 e. The molecule has 1 fully saturated rings. The molecule has 1 saturated carbocycles. The van der Waals surface area contributed by atoms with E-state index in [1.54, 1.807) is 0 Å². The molecule has 0 spiro atoms. The fraction of sp³-hybridized carbons (Fsp3) is 0.647. The highest BCUT2D eigenvalue weighted by Gasteiger charge is 2.34. The van der Waals surface area contributed by atoms with Crippen LogP contribution in [0.25, 0.3) is 0 Å². The fourth-order valence-electron chi connectivity index (χ4n) is 3.47. The first kappa shape index (κ1) is 15.3. The van der Waals surface area contributed by atoms with Gasteiger partial charge in [0.25, 0.3) is 0 Å². The van der Waals surface area contributed by atoms with Gasteiger partial charge in [0, 0.05) is 9.99 Å². The van der Waals surface area contributed by atoms with Gasteiger partial charge < -0.3 is 5.11 Å². The van der Waals surface area contributed by atoms with Crippen LogP contribution in [0.4, 0.5) is 0 Å². The molecule has 1 N–H and O–H groups in total. The van der Waals surface area contributed by atoms with Crippen molar-refractivity contribution < 1.29 is 5.11 Å². The first-order chi connectivity index (χ1) is 8.97. The Morgan fingerprint density at radius 2 is 2.00 bits per heavy atom. The van der Waals surface area contributed by atoms with E-state index in [1.807, 2.05) is 0 Å². The van der Waals surface area contributed by atoms with Crippen LogP contribution < -0.4 is 0 Å². The normalized spacial score (nSPS) is 27.7. The van der Waals surface area contributed by atoms with E-state index in [0.29, 0.717) is 5.92 Å². The van der Waals surface area contributed by atoms with Gasteiger partial charge in [0.05, 0.1) is 5.60 Å². The average molecular weight is 372 g/mol. The molecule has 0 saturated heterocycles. The van der Waals surface area contributed by atoms with Gasteiger partial charge >= 0.3 is 0 Å². The van der Waals surface area contributed by atoms with E-state index in [4.69, 9.17) is 0 Å². The average Bonchev–Trinajstić information content (AvgIpc) is 2.31. The van der Waals surface area contributed by atoms with Gasteiger partial charge in [-0.25, -0.2) is 0 Å². The minimum atomic E-state index is -0.468. The highest BCUT2D eigenvalue weighted by atomic mass is 127. The molecule has 1 aromatic carbocycles. The van der Waals surface area contributed by atoms with Crippen LogP contribution in [0.5, 0.6) is 0 Å². The zero-order valence-electron chi connectivity index (χ0n) is 12.0. The molecule has 1 aliphatic rings. The molecule has 1 nitrogen and oxygen atoms in total. The van der Waals surface area contributed by atoms with E-state index in [-0.39, 0.29) is 0 Å². The Hall–Kier alpha value is -0.0900. The van der Waals surface area contributed by atoms with E-state index in [0.717, 1.165) is 25.2 Å². The molecule has 1 aliphatic carbocycles. The summed E-state index contributed by atoms with van der Waals surface area (Å²) in [5, 5.41) is 10.9. The maximum Gasteiger partial charge on any atom is 0.0690 e. The second-order valence-corrected chi connectivity index (χ2v) is 7.87. The minimum Gasteiger partial charge on any atom is -0.390 e. The summed E-state index contributed by atoms with van der Waals surface area (Å²) in [7, 11) is 0. The molecule has 19 heavy (non-hydrogen) atoms. The second-order valence-electron chi connectivity index (χ2n) is 6.62. The van der Waals surface area contributed by atoms with Crippen LogP contribution in [0.3, 0.4) is 0 Å². The van der Waals surface area contributed by atoms with Crippen molar-refractivity contribution in [2.24, 2.45) is 11.8 Å². The molecule has 0 aliphatic heterocycles. The van der Waals surface area contributed by atoms with Gasteiger partial charge in [-0.2, -0.15) is 0 Å². The molecule has 2 atom stereocenters. The number of rotatable bonds is 4. The summed E-state index contributed by atoms with van der Waals surface area (Å²) in [4.78, 5) is 0. The Balaban J connectivity index is 1.99. The van der Waals surface area contributed by atoms with Gasteiger partial charge in [0.15, 0.2) is 0 Å². The number of hydrogen-bond donors (Lipinski definition) is 1. The number of halogens is 1. The van der Waals surface area contributed by atoms with Crippen molar-refractivity contribution in [3.05, 3.63) is 33.4 Å². The van der Waals surface area contributed by atoms with Gasteiger partial charge in [-0.15, -0.1) is 0 Å². The van der Waals surface area contributed by atoms with Gasteiger partial charge in [-0.05, 0) is 71.4 Å². The van der Waals surface area contributed by atoms with Crippen LogP contribution in [0.2, 0.25) is 0 Å². The fourth-order valence-corrected chi connectivity index (χ4v) is 3.83. The molecule has 2 heteroatoms. The third-order valence-electron chi connectivity index (χ3n) is 4.17. The maximum atomic E-state index is 10.9. The minimum absolute atomic E-state index is 0.468. The molecule has 0 radical (unpaired) electrons. The monoisotopic (exact) mass is 372 g/mol.